The van der Waals surface area contributed by atoms with Crippen LogP contribution in [0, 0.1) is 10.1 Å². The normalized spacial score (nSPS) is 12.5. The van der Waals surface area contributed by atoms with E-state index in [4.69, 9.17) is 0 Å². The number of aliphatic hydroxyl groups excluding tert-OH is 1. The van der Waals surface area contributed by atoms with Crippen molar-refractivity contribution in [1.29, 1.82) is 0 Å². The molecule has 0 spiro atoms. The molecule has 0 radical (unpaired) electrons. The number of nitrogens with one attached hydrogen (secondary N) is 1. The summed E-state index contributed by atoms with van der Waals surface area (Å²) in [4.78, 5) is 12.3. The Morgan fingerprint density at radius 2 is 2.22 bits per heavy atom. The molecular formula is C12H19N3O3. The molecule has 0 aliphatic carbocycles. The fourth-order valence-electron chi connectivity index (χ4n) is 1.87. The molecule has 0 aromatic heterocycles. The van der Waals surface area contributed by atoms with Crippen molar-refractivity contribution in [3.63, 3.8) is 0 Å². The second-order valence-electron chi connectivity index (χ2n) is 4.39. The summed E-state index contributed by atoms with van der Waals surface area (Å²) in [5.74, 6) is 0. The van der Waals surface area contributed by atoms with Crippen molar-refractivity contribution >= 4 is 11.4 Å². The van der Waals surface area contributed by atoms with Crippen molar-refractivity contribution in [3.05, 3.63) is 33.9 Å². The first-order valence-electron chi connectivity index (χ1n) is 5.75. The van der Waals surface area contributed by atoms with Crippen molar-refractivity contribution < 1.29 is 10.0 Å². The van der Waals surface area contributed by atoms with Gasteiger partial charge >= 0.3 is 0 Å². The van der Waals surface area contributed by atoms with E-state index in [9.17, 15) is 15.2 Å². The quantitative estimate of drug-likeness (QED) is 0.592. The van der Waals surface area contributed by atoms with Gasteiger partial charge < -0.3 is 10.4 Å². The molecule has 0 heterocycles. The van der Waals surface area contributed by atoms with E-state index in [0.29, 0.717) is 13.1 Å². The van der Waals surface area contributed by atoms with Gasteiger partial charge in [0.25, 0.3) is 5.69 Å². The Bertz CT molecular complexity index is 421. The third kappa shape index (κ3) is 3.97. The Kier molecular flexibility index (Phi) is 5.06. The van der Waals surface area contributed by atoms with Crippen molar-refractivity contribution in [1.82, 2.24) is 4.90 Å². The van der Waals surface area contributed by atoms with Gasteiger partial charge in [-0.05, 0) is 25.6 Å². The topological polar surface area (TPSA) is 78.6 Å². The number of likely N-dealkylation sites (N-methyl/N-ethyl adjacent to an activating group) is 1. The van der Waals surface area contributed by atoms with Gasteiger partial charge in [0.15, 0.2) is 0 Å². The van der Waals surface area contributed by atoms with E-state index in [2.05, 4.69) is 5.32 Å². The highest BCUT2D eigenvalue weighted by Gasteiger charge is 2.12. The summed E-state index contributed by atoms with van der Waals surface area (Å²) in [5, 5.41) is 23.1. The van der Waals surface area contributed by atoms with Crippen LogP contribution in [0.4, 0.5) is 11.4 Å². The number of non-ortho nitro benzene ring substituents is 1. The summed E-state index contributed by atoms with van der Waals surface area (Å²) >= 11 is 0. The molecule has 2 N–H and O–H groups in total. The second-order valence-corrected chi connectivity index (χ2v) is 4.39. The monoisotopic (exact) mass is 253 g/mol. The highest BCUT2D eigenvalue weighted by molar-refractivity contribution is 5.55. The molecule has 18 heavy (non-hydrogen) atoms. The number of nitro benzene ring substituents is 1. The third-order valence-electron chi connectivity index (χ3n) is 2.59. The summed E-state index contributed by atoms with van der Waals surface area (Å²) in [6.45, 7) is 2.78. The summed E-state index contributed by atoms with van der Waals surface area (Å²) < 4.78 is 0. The molecule has 1 aromatic rings. The van der Waals surface area contributed by atoms with E-state index in [1.807, 2.05) is 11.9 Å². The van der Waals surface area contributed by atoms with Crippen molar-refractivity contribution in [2.24, 2.45) is 0 Å². The van der Waals surface area contributed by atoms with Crippen LogP contribution in [0.5, 0.6) is 0 Å². The maximum atomic E-state index is 10.7. The molecule has 0 fully saturated rings. The maximum absolute atomic E-state index is 10.7. The van der Waals surface area contributed by atoms with Crippen LogP contribution < -0.4 is 5.32 Å². The Morgan fingerprint density at radius 3 is 2.72 bits per heavy atom. The first kappa shape index (κ1) is 14.4. The lowest BCUT2D eigenvalue weighted by Gasteiger charge is -2.20. The zero-order valence-electron chi connectivity index (χ0n) is 10.9. The Hall–Kier alpha value is -1.66. The molecule has 6 nitrogen and oxygen atoms in total. The standard InChI is InChI=1S/C12H19N3O3/c1-9(16)7-14(3)8-10-6-11(15(17)18)4-5-12(10)13-2/h4-6,9,13,16H,7-8H2,1-3H3. The van der Waals surface area contributed by atoms with Crippen molar-refractivity contribution in [3.8, 4) is 0 Å². The lowest BCUT2D eigenvalue weighted by molar-refractivity contribution is -0.384. The molecule has 0 aliphatic heterocycles. The van der Waals surface area contributed by atoms with Crippen LogP contribution in [0.25, 0.3) is 0 Å². The molecule has 0 amide bonds. The largest absolute Gasteiger partial charge is 0.392 e. The van der Waals surface area contributed by atoms with Crippen molar-refractivity contribution in [2.75, 3.05) is 26.0 Å². The van der Waals surface area contributed by atoms with Crippen LogP contribution in [0.3, 0.4) is 0 Å². The predicted molar refractivity (Wildman–Crippen MR) is 70.7 cm³/mol. The van der Waals surface area contributed by atoms with Crippen LogP contribution in [-0.4, -0.2) is 41.7 Å². The Morgan fingerprint density at radius 1 is 1.56 bits per heavy atom. The average Bonchev–Trinajstić information content (AvgIpc) is 2.27. The van der Waals surface area contributed by atoms with Crippen LogP contribution in [0.1, 0.15) is 12.5 Å². The molecule has 1 aromatic carbocycles. The molecule has 100 valence electrons. The third-order valence-corrected chi connectivity index (χ3v) is 2.59. The molecule has 1 unspecified atom stereocenters. The fraction of sp³-hybridized carbons (Fsp3) is 0.500. The Balaban J connectivity index is 2.90. The van der Waals surface area contributed by atoms with Crippen LogP contribution in [-0.2, 0) is 6.54 Å². The van der Waals surface area contributed by atoms with E-state index >= 15 is 0 Å². The molecular weight excluding hydrogens is 234 g/mol. The number of nitro groups is 1. The van der Waals surface area contributed by atoms with Gasteiger partial charge in [0.05, 0.1) is 11.0 Å². The van der Waals surface area contributed by atoms with Gasteiger partial charge in [0.1, 0.15) is 0 Å². The lowest BCUT2D eigenvalue weighted by atomic mass is 10.1. The number of aliphatic hydroxyl groups is 1. The van der Waals surface area contributed by atoms with Gasteiger partial charge in [-0.15, -0.1) is 0 Å². The van der Waals surface area contributed by atoms with Crippen LogP contribution in [0.2, 0.25) is 0 Å². The molecule has 0 bridgehead atoms. The van der Waals surface area contributed by atoms with E-state index in [-0.39, 0.29) is 5.69 Å². The Labute approximate surface area is 106 Å². The SMILES string of the molecule is CNc1ccc([N+](=O)[O-])cc1CN(C)CC(C)O. The van der Waals surface area contributed by atoms with Crippen LogP contribution in [0.15, 0.2) is 18.2 Å². The number of hydrogen-bond donors (Lipinski definition) is 2. The molecule has 0 saturated heterocycles. The number of anilines is 1. The highest BCUT2D eigenvalue weighted by Crippen LogP contribution is 2.22. The molecule has 0 saturated carbocycles. The molecule has 0 aliphatic rings. The summed E-state index contributed by atoms with van der Waals surface area (Å²) in [7, 11) is 3.64. The molecule has 6 heteroatoms. The van der Waals surface area contributed by atoms with Gasteiger partial charge in [-0.25, -0.2) is 0 Å². The number of rotatable bonds is 6. The van der Waals surface area contributed by atoms with E-state index < -0.39 is 11.0 Å². The number of hydrogen-bond acceptors (Lipinski definition) is 5. The smallest absolute Gasteiger partial charge is 0.269 e. The van der Waals surface area contributed by atoms with Gasteiger partial charge in [0, 0.05) is 38.0 Å². The summed E-state index contributed by atoms with van der Waals surface area (Å²) in [5.41, 5.74) is 1.78. The zero-order chi connectivity index (χ0) is 13.7. The van der Waals surface area contributed by atoms with E-state index in [0.717, 1.165) is 11.3 Å². The predicted octanol–water partition coefficient (Wildman–Crippen LogP) is 1.45. The van der Waals surface area contributed by atoms with Gasteiger partial charge in [-0.3, -0.25) is 15.0 Å². The maximum Gasteiger partial charge on any atom is 0.269 e. The number of benzene rings is 1. The molecule has 1 atom stereocenters. The van der Waals surface area contributed by atoms with E-state index in [1.165, 1.54) is 6.07 Å². The minimum absolute atomic E-state index is 0.0782. The number of nitrogens with zero attached hydrogens (tertiary/aromatic N) is 2. The second kappa shape index (κ2) is 6.32. The highest BCUT2D eigenvalue weighted by atomic mass is 16.6. The fourth-order valence-corrected chi connectivity index (χ4v) is 1.87. The summed E-state index contributed by atoms with van der Waals surface area (Å²) in [6, 6.07) is 4.73. The summed E-state index contributed by atoms with van der Waals surface area (Å²) in [6.07, 6.45) is -0.424. The first-order chi connectivity index (χ1) is 8.43. The van der Waals surface area contributed by atoms with E-state index in [1.54, 1.807) is 26.1 Å². The minimum atomic E-state index is -0.424. The zero-order valence-corrected chi connectivity index (χ0v) is 10.9. The first-order valence-corrected chi connectivity index (χ1v) is 5.75. The molecule has 1 rings (SSSR count). The van der Waals surface area contributed by atoms with Gasteiger partial charge in [-0.2, -0.15) is 0 Å². The van der Waals surface area contributed by atoms with Gasteiger partial charge in [0.2, 0.25) is 0 Å². The van der Waals surface area contributed by atoms with Crippen LogP contribution >= 0.6 is 0 Å². The van der Waals surface area contributed by atoms with Crippen molar-refractivity contribution in [2.45, 2.75) is 19.6 Å². The lowest BCUT2D eigenvalue weighted by Crippen LogP contribution is -2.27. The van der Waals surface area contributed by atoms with Gasteiger partial charge in [-0.1, -0.05) is 0 Å². The average molecular weight is 253 g/mol. The minimum Gasteiger partial charge on any atom is -0.392 e.